The van der Waals surface area contributed by atoms with E-state index in [0.717, 1.165) is 24.1 Å². The van der Waals surface area contributed by atoms with Crippen LogP contribution in [0.2, 0.25) is 0 Å². The highest BCUT2D eigenvalue weighted by molar-refractivity contribution is 6.03. The molecule has 2 N–H and O–H groups in total. The smallest absolute Gasteiger partial charge is 0.321 e. The van der Waals surface area contributed by atoms with Crippen molar-refractivity contribution < 1.29 is 14.0 Å². The van der Waals surface area contributed by atoms with E-state index in [-0.39, 0.29) is 29.5 Å². The highest BCUT2D eigenvalue weighted by Gasteiger charge is 2.38. The highest BCUT2D eigenvalue weighted by Crippen LogP contribution is 2.41. The molecule has 0 saturated carbocycles. The molecule has 1 saturated heterocycles. The van der Waals surface area contributed by atoms with Crippen LogP contribution in [-0.2, 0) is 4.79 Å². The number of aromatic nitrogens is 4. The van der Waals surface area contributed by atoms with E-state index in [4.69, 9.17) is 0 Å². The molecule has 10 heteroatoms. The van der Waals surface area contributed by atoms with Crippen molar-refractivity contribution in [2.75, 3.05) is 23.7 Å². The second-order valence-electron chi connectivity index (χ2n) is 8.11. The van der Waals surface area contributed by atoms with Gasteiger partial charge in [-0.1, -0.05) is 18.2 Å². The minimum atomic E-state index is -0.491. The number of hydrogen-bond donors (Lipinski definition) is 2. The summed E-state index contributed by atoms with van der Waals surface area (Å²) in [5, 5.41) is 16.9. The van der Waals surface area contributed by atoms with Crippen molar-refractivity contribution in [1.82, 2.24) is 25.1 Å². The van der Waals surface area contributed by atoms with E-state index in [2.05, 4.69) is 26.2 Å². The minimum Gasteiger partial charge on any atom is -0.325 e. The maximum Gasteiger partial charge on any atom is 0.321 e. The van der Waals surface area contributed by atoms with E-state index in [9.17, 15) is 14.0 Å². The molecule has 32 heavy (non-hydrogen) atoms. The number of carbonyl (C=O) groups is 2. The van der Waals surface area contributed by atoms with Crippen molar-refractivity contribution in [2.45, 2.75) is 25.7 Å². The van der Waals surface area contributed by atoms with Gasteiger partial charge in [0.1, 0.15) is 11.5 Å². The topological polar surface area (TPSA) is 105 Å². The SMILES string of the molecule is Cc1nnnn1-c1cc(NC(=O)N2CCC(C3C(=O)Nc4ccccc43)CC2)ccc1F. The molecule has 0 radical (unpaired) electrons. The van der Waals surface area contributed by atoms with Crippen LogP contribution in [0.15, 0.2) is 42.5 Å². The number of piperidine rings is 1. The summed E-state index contributed by atoms with van der Waals surface area (Å²) in [6.07, 6.45) is 1.47. The van der Waals surface area contributed by atoms with E-state index in [1.807, 2.05) is 24.3 Å². The Morgan fingerprint density at radius 1 is 1.19 bits per heavy atom. The number of carbonyl (C=O) groups excluding carboxylic acids is 2. The number of anilines is 2. The van der Waals surface area contributed by atoms with Crippen LogP contribution in [-0.4, -0.2) is 50.1 Å². The molecule has 2 aromatic carbocycles. The van der Waals surface area contributed by atoms with Gasteiger partial charge in [-0.3, -0.25) is 4.79 Å². The molecular formula is C22H22FN7O2. The Labute approximate surface area is 183 Å². The van der Waals surface area contributed by atoms with E-state index >= 15 is 0 Å². The third-order valence-corrected chi connectivity index (χ3v) is 6.19. The minimum absolute atomic E-state index is 0.0332. The van der Waals surface area contributed by atoms with E-state index in [1.165, 1.54) is 22.9 Å². The van der Waals surface area contributed by atoms with E-state index < -0.39 is 5.82 Å². The lowest BCUT2D eigenvalue weighted by Gasteiger charge is -2.34. The average Bonchev–Trinajstić information content (AvgIpc) is 3.37. The van der Waals surface area contributed by atoms with Crippen molar-refractivity contribution in [3.8, 4) is 5.69 Å². The van der Waals surface area contributed by atoms with E-state index in [0.29, 0.717) is 24.6 Å². The van der Waals surface area contributed by atoms with Crippen LogP contribution in [0.25, 0.3) is 5.69 Å². The first-order chi connectivity index (χ1) is 15.5. The normalized spacial score (nSPS) is 18.4. The van der Waals surface area contributed by atoms with Gasteiger partial charge in [-0.2, -0.15) is 4.68 Å². The molecule has 2 aliphatic heterocycles. The maximum absolute atomic E-state index is 14.3. The molecule has 0 spiro atoms. The van der Waals surface area contributed by atoms with Gasteiger partial charge >= 0.3 is 6.03 Å². The first-order valence-electron chi connectivity index (χ1n) is 10.5. The summed E-state index contributed by atoms with van der Waals surface area (Å²) in [6.45, 7) is 2.75. The number of tetrazole rings is 1. The number of likely N-dealkylation sites (tertiary alicyclic amines) is 1. The largest absolute Gasteiger partial charge is 0.325 e. The molecule has 2 aliphatic rings. The molecule has 9 nitrogen and oxygen atoms in total. The van der Waals surface area contributed by atoms with Crippen molar-refractivity contribution in [3.63, 3.8) is 0 Å². The average molecular weight is 435 g/mol. The summed E-state index contributed by atoms with van der Waals surface area (Å²) in [5.74, 6) is -0.00865. The van der Waals surface area contributed by atoms with Gasteiger partial charge in [-0.25, -0.2) is 9.18 Å². The van der Waals surface area contributed by atoms with Crippen molar-refractivity contribution in [1.29, 1.82) is 0 Å². The number of nitrogens with zero attached hydrogens (tertiary/aromatic N) is 5. The molecule has 0 aliphatic carbocycles. The Kier molecular flexibility index (Phi) is 5.04. The Balaban J connectivity index is 1.24. The summed E-state index contributed by atoms with van der Waals surface area (Å²) in [4.78, 5) is 27.0. The monoisotopic (exact) mass is 435 g/mol. The number of nitrogens with one attached hydrogen (secondary N) is 2. The van der Waals surface area contributed by atoms with Gasteiger partial charge < -0.3 is 15.5 Å². The number of aryl methyl sites for hydroxylation is 1. The predicted octanol–water partition coefficient (Wildman–Crippen LogP) is 3.09. The Hall–Kier alpha value is -3.82. The molecule has 1 aromatic heterocycles. The van der Waals surface area contributed by atoms with Gasteiger partial charge in [0, 0.05) is 24.5 Å². The molecule has 0 bridgehead atoms. The number of halogens is 1. The molecule has 3 aromatic rings. The van der Waals surface area contributed by atoms with Crippen molar-refractivity contribution in [3.05, 3.63) is 59.7 Å². The Bertz CT molecular complexity index is 1190. The zero-order valence-electron chi connectivity index (χ0n) is 17.5. The summed E-state index contributed by atoms with van der Waals surface area (Å²) >= 11 is 0. The molecule has 5 rings (SSSR count). The van der Waals surface area contributed by atoms with Crippen molar-refractivity contribution in [2.24, 2.45) is 5.92 Å². The zero-order chi connectivity index (χ0) is 22.2. The van der Waals surface area contributed by atoms with Crippen LogP contribution in [0.1, 0.15) is 30.1 Å². The lowest BCUT2D eigenvalue weighted by atomic mass is 9.81. The molecule has 1 unspecified atom stereocenters. The second-order valence-corrected chi connectivity index (χ2v) is 8.11. The highest BCUT2D eigenvalue weighted by atomic mass is 19.1. The van der Waals surface area contributed by atoms with Gasteiger partial charge in [0.2, 0.25) is 5.91 Å². The first kappa shape index (κ1) is 20.1. The number of urea groups is 1. The van der Waals surface area contributed by atoms with Gasteiger partial charge in [-0.05, 0) is 65.9 Å². The number of para-hydroxylation sites is 1. The lowest BCUT2D eigenvalue weighted by molar-refractivity contribution is -0.118. The molecule has 1 atom stereocenters. The fraction of sp³-hybridized carbons (Fsp3) is 0.318. The Morgan fingerprint density at radius 2 is 1.97 bits per heavy atom. The number of hydrogen-bond acceptors (Lipinski definition) is 5. The van der Waals surface area contributed by atoms with Crippen LogP contribution in [0, 0.1) is 18.7 Å². The maximum atomic E-state index is 14.3. The summed E-state index contributed by atoms with van der Waals surface area (Å²) in [7, 11) is 0. The second kappa shape index (κ2) is 8.03. The first-order valence-corrected chi connectivity index (χ1v) is 10.5. The number of benzene rings is 2. The molecular weight excluding hydrogens is 413 g/mol. The van der Waals surface area contributed by atoms with Gasteiger partial charge in [-0.15, -0.1) is 5.10 Å². The predicted molar refractivity (Wildman–Crippen MR) is 115 cm³/mol. The van der Waals surface area contributed by atoms with Crippen LogP contribution in [0.5, 0.6) is 0 Å². The van der Waals surface area contributed by atoms with Crippen LogP contribution in [0.3, 0.4) is 0 Å². The molecule has 164 valence electrons. The lowest BCUT2D eigenvalue weighted by Crippen LogP contribution is -2.42. The standard InChI is InChI=1S/C22H22FN7O2/c1-13-26-27-28-30(13)19-12-15(6-7-17(19)23)24-22(32)29-10-8-14(9-11-29)20-16-4-2-3-5-18(16)25-21(20)31/h2-7,12,14,20H,8-11H2,1H3,(H,24,32)(H,25,31). The fourth-order valence-corrected chi connectivity index (χ4v) is 4.55. The van der Waals surface area contributed by atoms with Crippen LogP contribution in [0.4, 0.5) is 20.6 Å². The number of amides is 3. The third-order valence-electron chi connectivity index (χ3n) is 6.19. The Morgan fingerprint density at radius 3 is 2.72 bits per heavy atom. The molecule has 1 fully saturated rings. The van der Waals surface area contributed by atoms with Crippen molar-refractivity contribution >= 4 is 23.3 Å². The zero-order valence-corrected chi connectivity index (χ0v) is 17.5. The third kappa shape index (κ3) is 3.57. The van der Waals surface area contributed by atoms with Crippen LogP contribution < -0.4 is 10.6 Å². The summed E-state index contributed by atoms with van der Waals surface area (Å²) in [5.41, 5.74) is 2.53. The van der Waals surface area contributed by atoms with E-state index in [1.54, 1.807) is 11.8 Å². The molecule has 3 heterocycles. The summed E-state index contributed by atoms with van der Waals surface area (Å²) < 4.78 is 15.5. The number of rotatable bonds is 3. The fourth-order valence-electron chi connectivity index (χ4n) is 4.55. The van der Waals surface area contributed by atoms with Crippen LogP contribution >= 0.6 is 0 Å². The quantitative estimate of drug-likeness (QED) is 0.658. The van der Waals surface area contributed by atoms with Gasteiger partial charge in [0.15, 0.2) is 5.82 Å². The number of fused-ring (bicyclic) bond motifs is 1. The van der Waals surface area contributed by atoms with Gasteiger partial charge in [0.05, 0.1) is 5.92 Å². The summed E-state index contributed by atoms with van der Waals surface area (Å²) in [6, 6.07) is 11.8. The molecule has 3 amide bonds. The van der Waals surface area contributed by atoms with Gasteiger partial charge in [0.25, 0.3) is 0 Å².